The minimum atomic E-state index is -4.68. The summed E-state index contributed by atoms with van der Waals surface area (Å²) in [6, 6.07) is 9.24. The molecule has 11 heteroatoms. The zero-order valence-electron chi connectivity index (χ0n) is 16.6. The van der Waals surface area contributed by atoms with Gasteiger partial charge in [0.2, 0.25) is 10.2 Å². The third kappa shape index (κ3) is 3.65. The van der Waals surface area contributed by atoms with E-state index in [1.165, 1.54) is 6.08 Å². The molecule has 2 aliphatic heterocycles. The van der Waals surface area contributed by atoms with Crippen LogP contribution >= 0.6 is 11.8 Å². The van der Waals surface area contributed by atoms with E-state index in [0.717, 1.165) is 22.1 Å². The van der Waals surface area contributed by atoms with Gasteiger partial charge in [0, 0.05) is 17.1 Å². The summed E-state index contributed by atoms with van der Waals surface area (Å²) in [4.78, 5) is 16.2. The van der Waals surface area contributed by atoms with Gasteiger partial charge in [-0.1, -0.05) is 0 Å². The second kappa shape index (κ2) is 7.41. The van der Waals surface area contributed by atoms with Crippen molar-refractivity contribution in [2.45, 2.75) is 20.0 Å². The van der Waals surface area contributed by atoms with Crippen molar-refractivity contribution in [2.24, 2.45) is 10.1 Å². The summed E-state index contributed by atoms with van der Waals surface area (Å²) < 4.78 is 46.0. The predicted molar refractivity (Wildman–Crippen MR) is 113 cm³/mol. The van der Waals surface area contributed by atoms with Gasteiger partial charge in [0.15, 0.2) is 5.84 Å². The van der Waals surface area contributed by atoms with Gasteiger partial charge in [0.05, 0.1) is 12.7 Å². The number of aliphatic imine (C=N–C) groups is 1. The molecule has 0 fully saturated rings. The normalized spacial score (nSPS) is 17.7. The molecule has 0 radical (unpaired) electrons. The molecular weight excluding hydrogens is 431 g/mol. The zero-order chi connectivity index (χ0) is 22.5. The number of fused-ring (bicyclic) bond motifs is 1. The van der Waals surface area contributed by atoms with Crippen molar-refractivity contribution in [2.75, 3.05) is 7.11 Å². The van der Waals surface area contributed by atoms with E-state index in [9.17, 15) is 18.0 Å². The van der Waals surface area contributed by atoms with Crippen LogP contribution in [-0.4, -0.2) is 44.8 Å². The van der Waals surface area contributed by atoms with E-state index >= 15 is 0 Å². The highest BCUT2D eigenvalue weighted by Gasteiger charge is 2.46. The average molecular weight is 447 g/mol. The SMILES string of the molecule is COc1ccc(-n2c(C)cc(/C=C3\C(=N)N4N=C(C(F)(F)F)SC4=NC3=O)c2C)cc1. The number of aromatic nitrogens is 1. The number of amidine groups is 2. The van der Waals surface area contributed by atoms with Crippen LogP contribution in [0.4, 0.5) is 13.2 Å². The number of thioether (sulfide) groups is 1. The fourth-order valence-corrected chi connectivity index (χ4v) is 4.08. The van der Waals surface area contributed by atoms with Gasteiger partial charge in [0.1, 0.15) is 5.75 Å². The number of hydrogen-bond acceptors (Lipinski definition) is 5. The number of halogens is 3. The molecule has 0 atom stereocenters. The largest absolute Gasteiger partial charge is 0.497 e. The summed E-state index contributed by atoms with van der Waals surface area (Å²) in [5.74, 6) is -0.515. The first kappa shape index (κ1) is 20.9. The number of carbonyl (C=O) groups excluding carboxylic acids is 1. The highest BCUT2D eigenvalue weighted by atomic mass is 32.2. The fourth-order valence-electron chi connectivity index (χ4n) is 3.32. The maximum Gasteiger partial charge on any atom is 0.441 e. The Kier molecular flexibility index (Phi) is 5.00. The number of nitrogens with zero attached hydrogens (tertiary/aromatic N) is 4. The minimum absolute atomic E-state index is 0.133. The Bertz CT molecular complexity index is 1190. The lowest BCUT2D eigenvalue weighted by molar-refractivity contribution is -0.114. The highest BCUT2D eigenvalue weighted by Crippen LogP contribution is 2.35. The Hall–Kier alpha value is -3.34. The van der Waals surface area contributed by atoms with Gasteiger partial charge in [0.25, 0.3) is 5.91 Å². The van der Waals surface area contributed by atoms with Crippen molar-refractivity contribution in [3.05, 3.63) is 52.9 Å². The summed E-state index contributed by atoms with van der Waals surface area (Å²) in [7, 11) is 1.58. The van der Waals surface area contributed by atoms with Crippen molar-refractivity contribution in [1.29, 1.82) is 5.41 Å². The summed E-state index contributed by atoms with van der Waals surface area (Å²) in [6.45, 7) is 3.74. The van der Waals surface area contributed by atoms with Crippen LogP contribution in [0.25, 0.3) is 11.8 Å². The van der Waals surface area contributed by atoms with E-state index in [1.807, 2.05) is 48.7 Å². The van der Waals surface area contributed by atoms with Gasteiger partial charge in [-0.15, -0.1) is 0 Å². The first-order valence-corrected chi connectivity index (χ1v) is 9.82. The van der Waals surface area contributed by atoms with Gasteiger partial charge in [-0.25, -0.2) is 0 Å². The molecule has 2 aliphatic rings. The molecule has 7 nitrogen and oxygen atoms in total. The Labute approximate surface area is 179 Å². The lowest BCUT2D eigenvalue weighted by Crippen LogP contribution is -2.35. The lowest BCUT2D eigenvalue weighted by Gasteiger charge is -2.20. The second-order valence-corrected chi connectivity index (χ2v) is 7.74. The standard InChI is InChI=1S/C20H16F3N5O2S/c1-10-8-12(11(2)27(10)13-4-6-14(30-3)7-5-13)9-15-16(24)28-19(25-17(15)29)31-18(26-28)20(21,22)23/h4-9,24H,1-3H3/b15-9+,24-16?. The van der Waals surface area contributed by atoms with Gasteiger partial charge < -0.3 is 9.30 Å². The van der Waals surface area contributed by atoms with Crippen molar-refractivity contribution < 1.29 is 22.7 Å². The molecule has 0 bridgehead atoms. The Balaban J connectivity index is 1.72. The molecule has 2 aromatic rings. The van der Waals surface area contributed by atoms with Crippen molar-refractivity contribution in [3.63, 3.8) is 0 Å². The minimum Gasteiger partial charge on any atom is -0.497 e. The van der Waals surface area contributed by atoms with E-state index in [0.29, 0.717) is 11.3 Å². The molecule has 0 aliphatic carbocycles. The first-order chi connectivity index (χ1) is 14.6. The van der Waals surface area contributed by atoms with E-state index in [-0.39, 0.29) is 22.5 Å². The quantitative estimate of drug-likeness (QED) is 0.712. The number of ether oxygens (including phenoxy) is 1. The zero-order valence-corrected chi connectivity index (χ0v) is 17.4. The fraction of sp³-hybridized carbons (Fsp3) is 0.200. The van der Waals surface area contributed by atoms with Crippen LogP contribution in [0.3, 0.4) is 0 Å². The van der Waals surface area contributed by atoms with E-state index in [1.54, 1.807) is 7.11 Å². The van der Waals surface area contributed by atoms with Crippen LogP contribution in [0.1, 0.15) is 17.0 Å². The number of carbonyl (C=O) groups is 1. The molecule has 1 aromatic heterocycles. The number of alkyl halides is 3. The third-order valence-corrected chi connectivity index (χ3v) is 5.75. The number of nitrogens with one attached hydrogen (secondary N) is 1. The summed E-state index contributed by atoms with van der Waals surface area (Å²) in [5.41, 5.74) is 3.06. The van der Waals surface area contributed by atoms with E-state index in [4.69, 9.17) is 10.1 Å². The molecule has 160 valence electrons. The molecule has 3 heterocycles. The van der Waals surface area contributed by atoms with Gasteiger partial charge in [-0.2, -0.15) is 28.3 Å². The van der Waals surface area contributed by atoms with Crippen LogP contribution in [-0.2, 0) is 4.79 Å². The van der Waals surface area contributed by atoms with Gasteiger partial charge in [-0.3, -0.25) is 10.2 Å². The number of amides is 1. The molecule has 0 unspecified atom stereocenters. The summed E-state index contributed by atoms with van der Waals surface area (Å²) in [6.07, 6.45) is -3.22. The molecule has 1 N–H and O–H groups in total. The lowest BCUT2D eigenvalue weighted by atomic mass is 10.1. The number of hydrogen-bond donors (Lipinski definition) is 1. The van der Waals surface area contributed by atoms with Crippen molar-refractivity contribution >= 4 is 39.8 Å². The second-order valence-electron chi connectivity index (χ2n) is 6.78. The number of aryl methyl sites for hydroxylation is 1. The molecule has 0 saturated heterocycles. The maximum absolute atomic E-state index is 13.0. The van der Waals surface area contributed by atoms with Crippen LogP contribution in [0.15, 0.2) is 46.0 Å². The molecule has 0 spiro atoms. The van der Waals surface area contributed by atoms with Crippen LogP contribution in [0.5, 0.6) is 5.75 Å². The smallest absolute Gasteiger partial charge is 0.441 e. The van der Waals surface area contributed by atoms with Gasteiger partial charge in [-0.05, 0) is 67.6 Å². The Morgan fingerprint density at radius 1 is 1.19 bits per heavy atom. The van der Waals surface area contributed by atoms with Crippen molar-refractivity contribution in [1.82, 2.24) is 9.58 Å². The van der Waals surface area contributed by atoms with Crippen molar-refractivity contribution in [3.8, 4) is 11.4 Å². The third-order valence-electron chi connectivity index (χ3n) is 4.80. The summed E-state index contributed by atoms with van der Waals surface area (Å²) in [5, 5.41) is 11.0. The van der Waals surface area contributed by atoms with E-state index < -0.39 is 23.0 Å². The Morgan fingerprint density at radius 3 is 2.48 bits per heavy atom. The van der Waals surface area contributed by atoms with Crippen LogP contribution < -0.4 is 4.74 Å². The molecule has 4 rings (SSSR count). The summed E-state index contributed by atoms with van der Waals surface area (Å²) >= 11 is 0.225. The molecule has 1 aromatic carbocycles. The monoisotopic (exact) mass is 447 g/mol. The maximum atomic E-state index is 13.0. The number of rotatable bonds is 3. The van der Waals surface area contributed by atoms with Crippen LogP contribution in [0, 0.1) is 19.3 Å². The molecule has 1 amide bonds. The number of benzene rings is 1. The molecular formula is C20H16F3N5O2S. The Morgan fingerprint density at radius 2 is 1.87 bits per heavy atom. The molecule has 31 heavy (non-hydrogen) atoms. The van der Waals surface area contributed by atoms with Crippen LogP contribution in [0.2, 0.25) is 0 Å². The van der Waals surface area contributed by atoms with E-state index in [2.05, 4.69) is 10.1 Å². The number of methoxy groups -OCH3 is 1. The predicted octanol–water partition coefficient (Wildman–Crippen LogP) is 4.28. The molecule has 0 saturated carbocycles. The van der Waals surface area contributed by atoms with Gasteiger partial charge >= 0.3 is 6.18 Å². The number of hydrazone groups is 1. The average Bonchev–Trinajstić information content (AvgIpc) is 3.26. The topological polar surface area (TPSA) is 83.0 Å². The first-order valence-electron chi connectivity index (χ1n) is 9.01. The highest BCUT2D eigenvalue weighted by molar-refractivity contribution is 8.27.